The van der Waals surface area contributed by atoms with Crippen LogP contribution in [0.4, 0.5) is 10.1 Å². The van der Waals surface area contributed by atoms with E-state index in [1.54, 1.807) is 6.07 Å². The number of carbonyl (C=O) groups is 1. The normalized spacial score (nSPS) is 10.2. The summed E-state index contributed by atoms with van der Waals surface area (Å²) < 4.78 is 13.6. The van der Waals surface area contributed by atoms with Crippen molar-refractivity contribution < 1.29 is 19.2 Å². The molecule has 1 N–H and O–H groups in total. The zero-order valence-corrected chi connectivity index (χ0v) is 9.54. The first-order valence-corrected chi connectivity index (χ1v) is 5.27. The van der Waals surface area contributed by atoms with Crippen LogP contribution in [-0.4, -0.2) is 16.0 Å². The van der Waals surface area contributed by atoms with Crippen LogP contribution in [0, 0.1) is 15.9 Å². The predicted molar refractivity (Wildman–Crippen MR) is 65.4 cm³/mol. The molecular weight excluding hydrogens is 253 g/mol. The van der Waals surface area contributed by atoms with Gasteiger partial charge in [-0.25, -0.2) is 9.18 Å². The number of aromatic carboxylic acids is 1. The minimum atomic E-state index is -1.27. The number of nitro benzene ring substituents is 1. The van der Waals surface area contributed by atoms with Crippen molar-refractivity contribution in [2.75, 3.05) is 0 Å². The van der Waals surface area contributed by atoms with Gasteiger partial charge < -0.3 is 5.11 Å². The van der Waals surface area contributed by atoms with E-state index in [9.17, 15) is 19.3 Å². The second-order valence-electron chi connectivity index (χ2n) is 3.77. The quantitative estimate of drug-likeness (QED) is 0.680. The molecule has 0 fully saturated rings. The van der Waals surface area contributed by atoms with E-state index in [1.807, 2.05) is 0 Å². The van der Waals surface area contributed by atoms with E-state index in [1.165, 1.54) is 30.3 Å². The van der Waals surface area contributed by atoms with Gasteiger partial charge in [-0.3, -0.25) is 10.1 Å². The molecule has 0 saturated heterocycles. The van der Waals surface area contributed by atoms with E-state index < -0.39 is 22.4 Å². The number of carboxylic acid groups (broad SMARTS) is 1. The Labute approximate surface area is 107 Å². The zero-order chi connectivity index (χ0) is 14.0. The molecule has 0 spiro atoms. The fraction of sp³-hybridized carbons (Fsp3) is 0. The summed E-state index contributed by atoms with van der Waals surface area (Å²) >= 11 is 0. The molecule has 0 bridgehead atoms. The number of rotatable bonds is 3. The lowest BCUT2D eigenvalue weighted by molar-refractivity contribution is -0.384. The molecule has 5 nitrogen and oxygen atoms in total. The van der Waals surface area contributed by atoms with E-state index in [0.717, 1.165) is 6.07 Å². The average Bonchev–Trinajstić information content (AvgIpc) is 2.38. The van der Waals surface area contributed by atoms with Crippen LogP contribution < -0.4 is 0 Å². The van der Waals surface area contributed by atoms with Crippen molar-refractivity contribution in [3.8, 4) is 11.1 Å². The second-order valence-corrected chi connectivity index (χ2v) is 3.77. The number of nitro groups is 1. The van der Waals surface area contributed by atoms with E-state index >= 15 is 0 Å². The number of hydrogen-bond acceptors (Lipinski definition) is 3. The van der Waals surface area contributed by atoms with Crippen LogP contribution in [0.3, 0.4) is 0 Å². The third-order valence-electron chi connectivity index (χ3n) is 2.61. The highest BCUT2D eigenvalue weighted by molar-refractivity contribution is 5.90. The van der Waals surface area contributed by atoms with Gasteiger partial charge in [0, 0.05) is 11.6 Å². The van der Waals surface area contributed by atoms with Gasteiger partial charge in [0.2, 0.25) is 0 Å². The molecule has 0 aromatic heterocycles. The minimum absolute atomic E-state index is 0.0492. The summed E-state index contributed by atoms with van der Waals surface area (Å²) in [4.78, 5) is 21.0. The van der Waals surface area contributed by atoms with Crippen LogP contribution >= 0.6 is 0 Å². The largest absolute Gasteiger partial charge is 0.478 e. The maximum absolute atomic E-state index is 13.6. The summed E-state index contributed by atoms with van der Waals surface area (Å²) in [5.74, 6) is -1.88. The molecule has 2 rings (SSSR count). The molecule has 0 amide bonds. The average molecular weight is 261 g/mol. The van der Waals surface area contributed by atoms with Crippen LogP contribution in [0.1, 0.15) is 10.4 Å². The van der Waals surface area contributed by atoms with Crippen LogP contribution in [0.25, 0.3) is 11.1 Å². The van der Waals surface area contributed by atoms with E-state index in [2.05, 4.69) is 0 Å². The van der Waals surface area contributed by atoms with Crippen LogP contribution in [0.15, 0.2) is 42.5 Å². The first-order valence-electron chi connectivity index (χ1n) is 5.27. The number of hydrogen-bond donors (Lipinski definition) is 1. The molecule has 2 aromatic carbocycles. The Bertz CT molecular complexity index is 669. The van der Waals surface area contributed by atoms with Crippen molar-refractivity contribution in [2.24, 2.45) is 0 Å². The van der Waals surface area contributed by atoms with Gasteiger partial charge in [0.1, 0.15) is 5.82 Å². The lowest BCUT2D eigenvalue weighted by Gasteiger charge is -2.05. The molecule has 0 radical (unpaired) electrons. The Balaban J connectivity index is 2.67. The number of halogens is 1. The summed E-state index contributed by atoms with van der Waals surface area (Å²) in [6.07, 6.45) is 0. The molecule has 96 valence electrons. The Morgan fingerprint density at radius 2 is 1.84 bits per heavy atom. The van der Waals surface area contributed by atoms with E-state index in [0.29, 0.717) is 0 Å². The first kappa shape index (κ1) is 12.7. The van der Waals surface area contributed by atoms with E-state index in [4.69, 9.17) is 5.11 Å². The van der Waals surface area contributed by atoms with Crippen molar-refractivity contribution >= 4 is 11.7 Å². The van der Waals surface area contributed by atoms with Gasteiger partial charge in [0.15, 0.2) is 0 Å². The molecule has 0 heterocycles. The topological polar surface area (TPSA) is 80.4 Å². The minimum Gasteiger partial charge on any atom is -0.478 e. The molecule has 6 heteroatoms. The molecule has 0 aliphatic carbocycles. The number of benzene rings is 2. The Morgan fingerprint density at radius 3 is 2.42 bits per heavy atom. The fourth-order valence-electron chi connectivity index (χ4n) is 1.72. The predicted octanol–water partition coefficient (Wildman–Crippen LogP) is 3.10. The summed E-state index contributed by atoms with van der Waals surface area (Å²) in [6, 6.07) is 8.97. The van der Waals surface area contributed by atoms with Gasteiger partial charge in [-0.15, -0.1) is 0 Å². The van der Waals surface area contributed by atoms with Gasteiger partial charge >= 0.3 is 5.97 Å². The number of carboxylic acids is 1. The monoisotopic (exact) mass is 261 g/mol. The molecule has 2 aromatic rings. The molecule has 0 atom stereocenters. The molecule has 0 aliphatic heterocycles. The highest BCUT2D eigenvalue weighted by Crippen LogP contribution is 2.32. The van der Waals surface area contributed by atoms with Crippen molar-refractivity contribution in [3.05, 3.63) is 64.0 Å². The highest BCUT2D eigenvalue weighted by Gasteiger charge is 2.20. The lowest BCUT2D eigenvalue weighted by Crippen LogP contribution is -2.00. The van der Waals surface area contributed by atoms with Crippen LogP contribution in [-0.2, 0) is 0 Å². The SMILES string of the molecule is O=C(O)c1ccc(-c2ccccc2F)c([N+](=O)[O-])c1. The smallest absolute Gasteiger partial charge is 0.335 e. The Hall–Kier alpha value is -2.76. The van der Waals surface area contributed by atoms with Crippen molar-refractivity contribution in [1.29, 1.82) is 0 Å². The van der Waals surface area contributed by atoms with Crippen LogP contribution in [0.5, 0.6) is 0 Å². The molecule has 0 saturated carbocycles. The maximum Gasteiger partial charge on any atom is 0.335 e. The zero-order valence-electron chi connectivity index (χ0n) is 9.54. The molecular formula is C13H8FNO4. The maximum atomic E-state index is 13.6. The molecule has 0 unspecified atom stereocenters. The standard InChI is InChI=1S/C13H8FNO4/c14-11-4-2-1-3-9(11)10-6-5-8(13(16)17)7-12(10)15(18)19/h1-7H,(H,16,17). The van der Waals surface area contributed by atoms with Crippen molar-refractivity contribution in [2.45, 2.75) is 0 Å². The molecule has 19 heavy (non-hydrogen) atoms. The third kappa shape index (κ3) is 2.42. The highest BCUT2D eigenvalue weighted by atomic mass is 19.1. The summed E-state index contributed by atoms with van der Waals surface area (Å²) in [6.45, 7) is 0. The van der Waals surface area contributed by atoms with Crippen molar-refractivity contribution in [1.82, 2.24) is 0 Å². The van der Waals surface area contributed by atoms with E-state index in [-0.39, 0.29) is 16.7 Å². The van der Waals surface area contributed by atoms with Gasteiger partial charge in [-0.2, -0.15) is 0 Å². The number of nitrogens with zero attached hydrogens (tertiary/aromatic N) is 1. The van der Waals surface area contributed by atoms with Gasteiger partial charge in [-0.1, -0.05) is 18.2 Å². The van der Waals surface area contributed by atoms with Gasteiger partial charge in [0.25, 0.3) is 5.69 Å². The van der Waals surface area contributed by atoms with Gasteiger partial charge in [0.05, 0.1) is 16.1 Å². The summed E-state index contributed by atoms with van der Waals surface area (Å²) in [5.41, 5.74) is -0.545. The Kier molecular flexibility index (Phi) is 3.24. The molecule has 0 aliphatic rings. The van der Waals surface area contributed by atoms with Crippen LogP contribution in [0.2, 0.25) is 0 Å². The Morgan fingerprint density at radius 1 is 1.16 bits per heavy atom. The summed E-state index contributed by atoms with van der Waals surface area (Å²) in [7, 11) is 0. The van der Waals surface area contributed by atoms with Gasteiger partial charge in [-0.05, 0) is 18.2 Å². The fourth-order valence-corrected chi connectivity index (χ4v) is 1.72. The second kappa shape index (κ2) is 4.85. The third-order valence-corrected chi connectivity index (χ3v) is 2.61. The summed E-state index contributed by atoms with van der Waals surface area (Å²) in [5, 5.41) is 19.8. The lowest BCUT2D eigenvalue weighted by atomic mass is 10.0. The van der Waals surface area contributed by atoms with Crippen molar-refractivity contribution in [3.63, 3.8) is 0 Å². The first-order chi connectivity index (χ1) is 9.00.